The summed E-state index contributed by atoms with van der Waals surface area (Å²) >= 11 is 0. The molecule has 60 heavy (non-hydrogen) atoms. The Morgan fingerprint density at radius 2 is 1.78 bits per heavy atom. The fourth-order valence-electron chi connectivity index (χ4n) is 8.36. The van der Waals surface area contributed by atoms with E-state index in [4.69, 9.17) is 18.9 Å². The number of Topliss-reactive ketones (excluding diaryl/α,β-unsaturated/α-hetero) is 1. The molecule has 1 aromatic carbocycles. The standard InChI is InChI=1S/C42H55F3N4O10S/c1-24-10-8-9-11-27-20-41(27,38(53)48-60(54,55)40(5)14-15-40)21-34(50)33-18-29(58-36-25(2)46-31-13-12-28(57-7)17-32(31)47-36)22-49(33)37(52)30(26(16-24)23-56-6)19-35(51)59-39(3,4)42(43,44)45/h9,11-13,17,24,26-27,29-30,33H,8,10,14-16,18-23H2,1-7H3,(H,48,53)/b11-9-/t24-,26+,27-,29-,30+,33+,41-/m1/s1. The van der Waals surface area contributed by atoms with E-state index in [0.717, 1.165) is 13.8 Å². The molecule has 2 amide bonds. The zero-order valence-corrected chi connectivity index (χ0v) is 35.9. The Kier molecular flexibility index (Phi) is 12.7. The van der Waals surface area contributed by atoms with Crippen LogP contribution < -0.4 is 14.2 Å². The zero-order valence-electron chi connectivity index (χ0n) is 35.1. The molecule has 2 aromatic rings. The summed E-state index contributed by atoms with van der Waals surface area (Å²) in [5.74, 6) is -5.06. The molecule has 2 aliphatic carbocycles. The van der Waals surface area contributed by atoms with Gasteiger partial charge in [-0.25, -0.2) is 18.4 Å². The Labute approximate surface area is 348 Å². The number of carbonyl (C=O) groups excluding carboxylic acids is 4. The third-order valence-electron chi connectivity index (χ3n) is 12.7. The van der Waals surface area contributed by atoms with Crippen LogP contribution in [0, 0.1) is 36.0 Å². The molecule has 0 unspecified atom stereocenters. The average molecular weight is 865 g/mol. The molecule has 3 fully saturated rings. The molecule has 18 heteroatoms. The van der Waals surface area contributed by atoms with Crippen LogP contribution in [0.3, 0.4) is 0 Å². The lowest BCUT2D eigenvalue weighted by atomic mass is 9.81. The second kappa shape index (κ2) is 16.9. The fourth-order valence-corrected chi connectivity index (χ4v) is 9.69. The second-order valence-corrected chi connectivity index (χ2v) is 20.0. The Bertz CT molecular complexity index is 2140. The molecule has 14 nitrogen and oxygen atoms in total. The summed E-state index contributed by atoms with van der Waals surface area (Å²) in [5, 5.41) is 0. The van der Waals surface area contributed by atoms with Crippen molar-refractivity contribution in [3.05, 3.63) is 36.0 Å². The average Bonchev–Trinajstić information content (AvgIpc) is 4.04. The predicted molar refractivity (Wildman–Crippen MR) is 212 cm³/mol. The molecule has 0 spiro atoms. The van der Waals surface area contributed by atoms with Gasteiger partial charge in [0.2, 0.25) is 33.3 Å². The molecule has 1 aromatic heterocycles. The van der Waals surface area contributed by atoms with Crippen molar-refractivity contribution < 1.29 is 59.7 Å². The number of allylic oxidation sites excluding steroid dienone is 2. The van der Waals surface area contributed by atoms with Gasteiger partial charge in [-0.1, -0.05) is 19.1 Å². The lowest BCUT2D eigenvalue weighted by molar-refractivity contribution is -0.257. The zero-order chi connectivity index (χ0) is 44.0. The highest BCUT2D eigenvalue weighted by Crippen LogP contribution is 2.58. The van der Waals surface area contributed by atoms with Crippen LogP contribution in [0.4, 0.5) is 13.2 Å². The van der Waals surface area contributed by atoms with E-state index in [1.54, 1.807) is 32.0 Å². The van der Waals surface area contributed by atoms with Crippen molar-refractivity contribution in [2.24, 2.45) is 29.1 Å². The molecule has 0 bridgehead atoms. The van der Waals surface area contributed by atoms with E-state index in [2.05, 4.69) is 14.7 Å². The van der Waals surface area contributed by atoms with Crippen LogP contribution in [-0.2, 0) is 38.7 Å². The van der Waals surface area contributed by atoms with E-state index in [9.17, 15) is 36.0 Å². The maximum atomic E-state index is 15.0. The van der Waals surface area contributed by atoms with E-state index < -0.39 is 98.3 Å². The van der Waals surface area contributed by atoms with Crippen LogP contribution in [0.2, 0.25) is 0 Å². The third-order valence-corrected chi connectivity index (χ3v) is 14.9. The molecule has 2 saturated carbocycles. The summed E-state index contributed by atoms with van der Waals surface area (Å²) in [6.45, 7) is 6.45. The number of ketones is 1. The summed E-state index contributed by atoms with van der Waals surface area (Å²) < 4.78 is 91.5. The number of hydrogen-bond donors (Lipinski definition) is 1. The number of nitrogens with one attached hydrogen (secondary N) is 1. The lowest BCUT2D eigenvalue weighted by Crippen LogP contribution is -2.49. The highest BCUT2D eigenvalue weighted by Gasteiger charge is 2.63. The summed E-state index contributed by atoms with van der Waals surface area (Å²) in [5.41, 5.74) is -2.80. The maximum absolute atomic E-state index is 15.0. The summed E-state index contributed by atoms with van der Waals surface area (Å²) in [6.07, 6.45) is -0.705. The Morgan fingerprint density at radius 1 is 1.07 bits per heavy atom. The van der Waals surface area contributed by atoms with Gasteiger partial charge in [0, 0.05) is 32.6 Å². The second-order valence-electron chi connectivity index (χ2n) is 17.8. The van der Waals surface area contributed by atoms with Gasteiger partial charge in [-0.2, -0.15) is 13.2 Å². The molecule has 7 atom stereocenters. The van der Waals surface area contributed by atoms with Gasteiger partial charge in [-0.3, -0.25) is 23.9 Å². The highest BCUT2D eigenvalue weighted by molar-refractivity contribution is 7.91. The number of rotatable bonds is 11. The minimum Gasteiger partial charge on any atom is -0.497 e. The topological polar surface area (TPSA) is 180 Å². The summed E-state index contributed by atoms with van der Waals surface area (Å²) in [4.78, 5) is 67.7. The quantitative estimate of drug-likeness (QED) is 0.213. The number of benzene rings is 1. The molecule has 6 rings (SSSR count). The number of alkyl halides is 3. The van der Waals surface area contributed by atoms with Gasteiger partial charge < -0.3 is 23.8 Å². The maximum Gasteiger partial charge on any atom is 0.427 e. The van der Waals surface area contributed by atoms with Crippen LogP contribution in [-0.4, -0.2) is 103 Å². The number of nitrogens with zero attached hydrogens (tertiary/aromatic N) is 3. The summed E-state index contributed by atoms with van der Waals surface area (Å²) in [7, 11) is -1.12. The number of hydrogen-bond acceptors (Lipinski definition) is 12. The SMILES string of the molecule is COC[C@@H]1C[C@H](C)CC/C=C\[C@@H]2C[C@@]2(C(=O)NS(=O)(=O)C2(C)CC2)CC(=O)[C@@H]2C[C@@H](Oc3nc4cc(OC)ccc4nc3C)CN2C(=O)[C@H]1CC(=O)OC(C)(C)C(F)(F)F. The van der Waals surface area contributed by atoms with Crippen LogP contribution in [0.5, 0.6) is 11.6 Å². The number of amides is 2. The number of carbonyl (C=O) groups is 4. The van der Waals surface area contributed by atoms with Gasteiger partial charge in [-0.05, 0) is 96.1 Å². The number of halogens is 3. The molecule has 3 heterocycles. The molecule has 4 aliphatic rings. The van der Waals surface area contributed by atoms with Gasteiger partial charge in [0.25, 0.3) is 0 Å². The first-order chi connectivity index (χ1) is 28.0. The molecule has 1 N–H and O–H groups in total. The minimum atomic E-state index is -4.90. The Hall–Kier alpha value is -4.32. The van der Waals surface area contributed by atoms with Crippen molar-refractivity contribution >= 4 is 44.6 Å². The first-order valence-corrected chi connectivity index (χ1v) is 21.8. The third kappa shape index (κ3) is 9.43. The van der Waals surface area contributed by atoms with Crippen molar-refractivity contribution in [3.63, 3.8) is 0 Å². The number of methoxy groups -OCH3 is 2. The molecule has 2 aliphatic heterocycles. The van der Waals surface area contributed by atoms with Crippen LogP contribution in [0.15, 0.2) is 30.4 Å². The van der Waals surface area contributed by atoms with Gasteiger partial charge >= 0.3 is 12.1 Å². The highest BCUT2D eigenvalue weighted by atomic mass is 32.2. The monoisotopic (exact) mass is 864 g/mol. The van der Waals surface area contributed by atoms with Gasteiger partial charge in [-0.15, -0.1) is 0 Å². The number of ether oxygens (including phenoxy) is 4. The van der Waals surface area contributed by atoms with Crippen LogP contribution >= 0.6 is 0 Å². The van der Waals surface area contributed by atoms with E-state index in [-0.39, 0.29) is 37.8 Å². The van der Waals surface area contributed by atoms with E-state index in [1.165, 1.54) is 19.1 Å². The van der Waals surface area contributed by atoms with Gasteiger partial charge in [0.15, 0.2) is 5.78 Å². The van der Waals surface area contributed by atoms with Crippen molar-refractivity contribution in [1.29, 1.82) is 0 Å². The first-order valence-electron chi connectivity index (χ1n) is 20.4. The predicted octanol–water partition coefficient (Wildman–Crippen LogP) is 5.79. The molecule has 0 radical (unpaired) electrons. The number of fused-ring (bicyclic) bond motifs is 3. The van der Waals surface area contributed by atoms with Gasteiger partial charge in [0.1, 0.15) is 17.5 Å². The minimum absolute atomic E-state index is 0.0208. The van der Waals surface area contributed by atoms with Crippen molar-refractivity contribution in [1.82, 2.24) is 19.6 Å². The summed E-state index contributed by atoms with van der Waals surface area (Å²) in [6, 6.07) is 3.93. The van der Waals surface area contributed by atoms with Crippen LogP contribution in [0.1, 0.15) is 91.2 Å². The molecular weight excluding hydrogens is 810 g/mol. The number of sulfonamides is 1. The smallest absolute Gasteiger partial charge is 0.427 e. The molecular formula is C42H55F3N4O10S. The molecule has 1 saturated heterocycles. The van der Waals surface area contributed by atoms with E-state index in [1.807, 2.05) is 19.1 Å². The fraction of sp³-hybridized carbons (Fsp3) is 0.667. The van der Waals surface area contributed by atoms with Crippen molar-refractivity contribution in [2.75, 3.05) is 27.4 Å². The normalized spacial score (nSPS) is 29.1. The van der Waals surface area contributed by atoms with Crippen molar-refractivity contribution in [2.45, 2.75) is 121 Å². The van der Waals surface area contributed by atoms with E-state index >= 15 is 4.79 Å². The number of esters is 1. The van der Waals surface area contributed by atoms with E-state index in [0.29, 0.717) is 54.6 Å². The Balaban J connectivity index is 1.38. The largest absolute Gasteiger partial charge is 0.497 e. The number of aromatic nitrogens is 2. The van der Waals surface area contributed by atoms with Crippen LogP contribution in [0.25, 0.3) is 11.0 Å². The number of aryl methyl sites for hydroxylation is 1. The molecule has 330 valence electrons. The lowest BCUT2D eigenvalue weighted by Gasteiger charge is -2.34. The van der Waals surface area contributed by atoms with Gasteiger partial charge in [0.05, 0.1) is 53.2 Å². The first kappa shape index (κ1) is 45.2. The Morgan fingerprint density at radius 3 is 2.43 bits per heavy atom. The van der Waals surface area contributed by atoms with Crippen molar-refractivity contribution in [3.8, 4) is 11.6 Å².